The van der Waals surface area contributed by atoms with Gasteiger partial charge in [0.2, 0.25) is 0 Å². The second kappa shape index (κ2) is 12.5. The zero-order chi connectivity index (χ0) is 24.5. The molecule has 3 aromatic rings. The van der Waals surface area contributed by atoms with Gasteiger partial charge in [-0.2, -0.15) is 0 Å². The number of aromatic nitrogens is 2. The Morgan fingerprint density at radius 2 is 1.74 bits per heavy atom. The van der Waals surface area contributed by atoms with Crippen molar-refractivity contribution >= 4 is 13.4 Å². The Balaban J connectivity index is 1.28. The molecule has 0 spiro atoms. The van der Waals surface area contributed by atoms with Gasteiger partial charge in [0.25, 0.3) is 5.56 Å². The van der Waals surface area contributed by atoms with Crippen molar-refractivity contribution in [3.05, 3.63) is 88.2 Å². The molecule has 0 unspecified atom stereocenters. The van der Waals surface area contributed by atoms with Gasteiger partial charge in [0.15, 0.2) is 5.82 Å². The molecule has 1 aliphatic rings. The lowest BCUT2D eigenvalue weighted by atomic mass is 10.1. The van der Waals surface area contributed by atoms with Crippen LogP contribution in [0.5, 0.6) is 5.75 Å². The maximum Gasteiger partial charge on any atom is 0.360 e. The maximum absolute atomic E-state index is 13.1. The molecule has 0 amide bonds. The van der Waals surface area contributed by atoms with Crippen LogP contribution in [0.2, 0.25) is 0 Å². The molecule has 10 heteroatoms. The van der Waals surface area contributed by atoms with Crippen molar-refractivity contribution in [3.8, 4) is 5.75 Å². The van der Waals surface area contributed by atoms with Crippen molar-refractivity contribution < 1.29 is 13.8 Å². The number of halogens is 1. The van der Waals surface area contributed by atoms with Gasteiger partial charge in [0, 0.05) is 58.8 Å². The third-order valence-electron chi connectivity index (χ3n) is 6.01. The number of anilines is 1. The van der Waals surface area contributed by atoms with E-state index in [-0.39, 0.29) is 11.4 Å². The predicted molar refractivity (Wildman–Crippen MR) is 136 cm³/mol. The molecule has 1 fully saturated rings. The van der Waals surface area contributed by atoms with Crippen LogP contribution in [-0.2, 0) is 17.7 Å². The second-order valence-corrected chi connectivity index (χ2v) is 8.49. The Hall–Kier alpha value is -3.21. The first kappa shape index (κ1) is 24.9. The van der Waals surface area contributed by atoms with Crippen LogP contribution in [0.15, 0.2) is 65.7 Å². The van der Waals surface area contributed by atoms with Crippen LogP contribution in [0.4, 0.5) is 10.2 Å². The molecule has 0 aliphatic carbocycles. The summed E-state index contributed by atoms with van der Waals surface area (Å²) in [6.07, 6.45) is 3.44. The number of hydrogen-bond donors (Lipinski definition) is 1. The molecule has 0 saturated carbocycles. The molecule has 8 nitrogen and oxygen atoms in total. The summed E-state index contributed by atoms with van der Waals surface area (Å²) < 4.78 is 25.4. The van der Waals surface area contributed by atoms with Crippen LogP contribution in [0.3, 0.4) is 0 Å². The van der Waals surface area contributed by atoms with Gasteiger partial charge in [-0.3, -0.25) is 9.69 Å². The minimum atomic E-state index is -0.272. The number of benzene rings is 2. The van der Waals surface area contributed by atoms with Gasteiger partial charge < -0.3 is 24.1 Å². The van der Waals surface area contributed by atoms with Gasteiger partial charge in [0.05, 0.1) is 6.54 Å². The molecule has 184 valence electrons. The molecule has 0 radical (unpaired) electrons. The van der Waals surface area contributed by atoms with E-state index >= 15 is 0 Å². The summed E-state index contributed by atoms with van der Waals surface area (Å²) in [7, 11) is 2.17. The van der Waals surface area contributed by atoms with Crippen LogP contribution in [-0.4, -0.2) is 68.5 Å². The molecule has 1 saturated heterocycles. The molecule has 0 bridgehead atoms. The van der Waals surface area contributed by atoms with E-state index in [2.05, 4.69) is 32.1 Å². The number of ether oxygens (including phenoxy) is 1. The van der Waals surface area contributed by atoms with Crippen molar-refractivity contribution in [3.63, 3.8) is 0 Å². The minimum absolute atomic E-state index is 0.0774. The summed E-state index contributed by atoms with van der Waals surface area (Å²) in [5, 5.41) is 3.18. The lowest BCUT2D eigenvalue weighted by Crippen LogP contribution is -2.49. The summed E-state index contributed by atoms with van der Waals surface area (Å²) in [6, 6.07) is 14.3. The Kier molecular flexibility index (Phi) is 8.88. The zero-order valence-electron chi connectivity index (χ0n) is 20.0. The lowest BCUT2D eigenvalue weighted by Gasteiger charge is -2.35. The number of nitrogens with one attached hydrogen (secondary N) is 1. The first-order valence-corrected chi connectivity index (χ1v) is 11.8. The number of rotatable bonds is 11. The quantitative estimate of drug-likeness (QED) is 0.331. The van der Waals surface area contributed by atoms with Gasteiger partial charge >= 0.3 is 7.62 Å². The SMILES string of the molecule is COBNCc1ccc(Cn2ccnc(N3CCN(CCOc4ccc(F)cc4)CC3)c2=O)cc1. The number of nitrogens with zero attached hydrogens (tertiary/aromatic N) is 4. The average Bonchev–Trinajstić information content (AvgIpc) is 2.88. The molecular weight excluding hydrogens is 448 g/mol. The van der Waals surface area contributed by atoms with Crippen molar-refractivity contribution in [1.82, 2.24) is 19.7 Å². The van der Waals surface area contributed by atoms with Crippen molar-refractivity contribution in [2.45, 2.75) is 13.1 Å². The Bertz CT molecular complexity index is 1120. The first-order chi connectivity index (χ1) is 17.1. The Morgan fingerprint density at radius 1 is 1.03 bits per heavy atom. The highest BCUT2D eigenvalue weighted by Crippen LogP contribution is 2.13. The molecule has 0 atom stereocenters. The Labute approximate surface area is 205 Å². The fraction of sp³-hybridized carbons (Fsp3) is 0.360. The van der Waals surface area contributed by atoms with Crippen LogP contribution in [0.1, 0.15) is 11.1 Å². The summed E-state index contributed by atoms with van der Waals surface area (Å²) in [4.78, 5) is 21.9. The Morgan fingerprint density at radius 3 is 2.46 bits per heavy atom. The second-order valence-electron chi connectivity index (χ2n) is 8.49. The molecule has 4 rings (SSSR count). The smallest absolute Gasteiger partial charge is 0.360 e. The summed E-state index contributed by atoms with van der Waals surface area (Å²) >= 11 is 0. The van der Waals surface area contributed by atoms with E-state index in [1.165, 1.54) is 12.1 Å². The van der Waals surface area contributed by atoms with E-state index in [0.717, 1.165) is 50.4 Å². The highest BCUT2D eigenvalue weighted by Gasteiger charge is 2.20. The third kappa shape index (κ3) is 7.14. The van der Waals surface area contributed by atoms with Crippen LogP contribution >= 0.6 is 0 Å². The van der Waals surface area contributed by atoms with Gasteiger partial charge in [-0.05, 0) is 35.4 Å². The monoisotopic (exact) mass is 479 g/mol. The van der Waals surface area contributed by atoms with Crippen molar-refractivity contribution in [2.75, 3.05) is 51.3 Å². The molecule has 2 aromatic carbocycles. The molecule has 1 aliphatic heterocycles. The van der Waals surface area contributed by atoms with E-state index in [9.17, 15) is 9.18 Å². The van der Waals surface area contributed by atoms with Crippen LogP contribution in [0, 0.1) is 5.82 Å². The van der Waals surface area contributed by atoms with Gasteiger partial charge in [-0.25, -0.2) is 9.37 Å². The largest absolute Gasteiger partial charge is 0.492 e. The predicted octanol–water partition coefficient (Wildman–Crippen LogP) is 1.63. The topological polar surface area (TPSA) is 71.9 Å². The van der Waals surface area contributed by atoms with E-state index in [4.69, 9.17) is 9.39 Å². The van der Waals surface area contributed by atoms with Gasteiger partial charge in [0.1, 0.15) is 18.2 Å². The molecule has 1 aromatic heterocycles. The molecule has 2 heterocycles. The first-order valence-electron chi connectivity index (χ1n) is 11.8. The van der Waals surface area contributed by atoms with E-state index in [1.807, 2.05) is 12.1 Å². The van der Waals surface area contributed by atoms with E-state index in [1.54, 1.807) is 36.2 Å². The molecular formula is C25H31BFN5O3. The van der Waals surface area contributed by atoms with Gasteiger partial charge in [-0.15, -0.1) is 0 Å². The normalized spacial score (nSPS) is 14.2. The molecule has 35 heavy (non-hydrogen) atoms. The fourth-order valence-electron chi connectivity index (χ4n) is 4.04. The number of hydrogen-bond acceptors (Lipinski definition) is 7. The van der Waals surface area contributed by atoms with Crippen molar-refractivity contribution in [1.29, 1.82) is 0 Å². The zero-order valence-corrected chi connectivity index (χ0v) is 20.0. The summed E-state index contributed by atoms with van der Waals surface area (Å²) in [5.74, 6) is 0.887. The minimum Gasteiger partial charge on any atom is -0.492 e. The highest BCUT2D eigenvalue weighted by molar-refractivity contribution is 6.23. The lowest BCUT2D eigenvalue weighted by molar-refractivity contribution is 0.200. The highest BCUT2D eigenvalue weighted by atomic mass is 19.1. The van der Waals surface area contributed by atoms with Crippen molar-refractivity contribution in [2.24, 2.45) is 0 Å². The molecule has 1 N–H and O–H groups in total. The maximum atomic E-state index is 13.1. The fourth-order valence-corrected chi connectivity index (χ4v) is 4.04. The average molecular weight is 479 g/mol. The van der Waals surface area contributed by atoms with Gasteiger partial charge in [-0.1, -0.05) is 24.3 Å². The van der Waals surface area contributed by atoms with E-state index in [0.29, 0.717) is 32.3 Å². The summed E-state index contributed by atoms with van der Waals surface area (Å²) in [6.45, 7) is 5.64. The van der Waals surface area contributed by atoms with E-state index < -0.39 is 0 Å². The standard InChI is InChI=1S/C25H31BFN5O3/c1-34-26-29-18-20-2-4-21(5-3-20)19-32-11-10-28-24(25(32)33)31-14-12-30(13-15-31)16-17-35-23-8-6-22(27)7-9-23/h2-11,26,29H,12-19H2,1H3. The third-order valence-corrected chi connectivity index (χ3v) is 6.01. The van der Waals surface area contributed by atoms with Crippen LogP contribution in [0.25, 0.3) is 0 Å². The number of piperazine rings is 1. The van der Waals surface area contributed by atoms with Crippen LogP contribution < -0.4 is 20.4 Å². The summed E-state index contributed by atoms with van der Waals surface area (Å²) in [5.41, 5.74) is 2.15.